The summed E-state index contributed by atoms with van der Waals surface area (Å²) in [4.78, 5) is 18.1. The number of nitrogens with zero attached hydrogens (tertiary/aromatic N) is 1. The van der Waals surface area contributed by atoms with Crippen LogP contribution in [0.1, 0.15) is 17.2 Å². The molecule has 1 aromatic carbocycles. The summed E-state index contributed by atoms with van der Waals surface area (Å²) in [5.41, 5.74) is 1.93. The SMILES string of the molecule is COc1ccc(C)nc1NC(=O)C1CSc2ccccc21. The van der Waals surface area contributed by atoms with Gasteiger partial charge in [0.15, 0.2) is 11.6 Å². The van der Waals surface area contributed by atoms with E-state index in [2.05, 4.69) is 16.4 Å². The third-order valence-corrected chi connectivity index (χ3v) is 4.66. The largest absolute Gasteiger partial charge is 0.493 e. The van der Waals surface area contributed by atoms with Gasteiger partial charge in [-0.05, 0) is 30.7 Å². The molecule has 0 saturated carbocycles. The number of rotatable bonds is 3. The van der Waals surface area contributed by atoms with E-state index in [9.17, 15) is 4.79 Å². The summed E-state index contributed by atoms with van der Waals surface area (Å²) in [6, 6.07) is 11.7. The summed E-state index contributed by atoms with van der Waals surface area (Å²) >= 11 is 1.72. The minimum atomic E-state index is -0.141. The molecule has 3 rings (SSSR count). The second-order valence-electron chi connectivity index (χ2n) is 4.89. The van der Waals surface area contributed by atoms with Crippen LogP contribution in [0.5, 0.6) is 5.75 Å². The summed E-state index contributed by atoms with van der Waals surface area (Å²) in [6.07, 6.45) is 0. The van der Waals surface area contributed by atoms with Crippen LogP contribution < -0.4 is 10.1 Å². The number of aryl methyl sites for hydroxylation is 1. The molecule has 1 atom stereocenters. The molecule has 21 heavy (non-hydrogen) atoms. The number of anilines is 1. The van der Waals surface area contributed by atoms with E-state index in [1.165, 1.54) is 4.90 Å². The number of hydrogen-bond donors (Lipinski definition) is 1. The highest BCUT2D eigenvalue weighted by molar-refractivity contribution is 7.99. The first kappa shape index (κ1) is 13.9. The van der Waals surface area contributed by atoms with E-state index in [4.69, 9.17) is 4.74 Å². The first-order chi connectivity index (χ1) is 10.2. The average Bonchev–Trinajstić information content (AvgIpc) is 2.91. The normalized spacial score (nSPS) is 16.4. The van der Waals surface area contributed by atoms with Gasteiger partial charge in [0.05, 0.1) is 13.0 Å². The second-order valence-corrected chi connectivity index (χ2v) is 5.96. The molecule has 2 aromatic rings. The molecule has 0 aliphatic carbocycles. The molecular weight excluding hydrogens is 284 g/mol. The van der Waals surface area contributed by atoms with Crippen LogP contribution in [0.3, 0.4) is 0 Å². The Kier molecular flexibility index (Phi) is 3.84. The van der Waals surface area contributed by atoms with Crippen molar-refractivity contribution in [1.29, 1.82) is 0 Å². The van der Waals surface area contributed by atoms with Gasteiger partial charge in [0.2, 0.25) is 5.91 Å². The number of ether oxygens (including phenoxy) is 1. The van der Waals surface area contributed by atoms with Gasteiger partial charge in [0.25, 0.3) is 0 Å². The Balaban J connectivity index is 1.83. The van der Waals surface area contributed by atoms with Crippen molar-refractivity contribution in [3.63, 3.8) is 0 Å². The molecule has 4 nitrogen and oxygen atoms in total. The fraction of sp³-hybridized carbons (Fsp3) is 0.250. The minimum absolute atomic E-state index is 0.0381. The molecule has 1 unspecified atom stereocenters. The number of carbonyl (C=O) groups excluding carboxylic acids is 1. The van der Waals surface area contributed by atoms with Crippen molar-refractivity contribution in [2.24, 2.45) is 0 Å². The maximum atomic E-state index is 12.5. The lowest BCUT2D eigenvalue weighted by atomic mass is 10.0. The van der Waals surface area contributed by atoms with E-state index < -0.39 is 0 Å². The molecule has 1 aliphatic rings. The van der Waals surface area contributed by atoms with Gasteiger partial charge < -0.3 is 10.1 Å². The molecule has 1 amide bonds. The predicted molar refractivity (Wildman–Crippen MR) is 84.1 cm³/mol. The van der Waals surface area contributed by atoms with Crippen LogP contribution in [-0.2, 0) is 4.79 Å². The number of thioether (sulfide) groups is 1. The van der Waals surface area contributed by atoms with Gasteiger partial charge in [-0.3, -0.25) is 4.79 Å². The number of hydrogen-bond acceptors (Lipinski definition) is 4. The number of aromatic nitrogens is 1. The zero-order valence-electron chi connectivity index (χ0n) is 11.9. The molecule has 0 fully saturated rings. The lowest BCUT2D eigenvalue weighted by molar-refractivity contribution is -0.117. The van der Waals surface area contributed by atoms with E-state index in [1.807, 2.05) is 37.3 Å². The monoisotopic (exact) mass is 300 g/mol. The molecule has 0 bridgehead atoms. The van der Waals surface area contributed by atoms with Crippen LogP contribution in [0.25, 0.3) is 0 Å². The van der Waals surface area contributed by atoms with Gasteiger partial charge in [-0.15, -0.1) is 11.8 Å². The van der Waals surface area contributed by atoms with Gasteiger partial charge in [0, 0.05) is 16.3 Å². The van der Waals surface area contributed by atoms with Crippen LogP contribution in [0.4, 0.5) is 5.82 Å². The molecule has 0 radical (unpaired) electrons. The highest BCUT2D eigenvalue weighted by Gasteiger charge is 2.29. The van der Waals surface area contributed by atoms with Gasteiger partial charge in [-0.25, -0.2) is 4.98 Å². The summed E-state index contributed by atoms with van der Waals surface area (Å²) < 4.78 is 5.25. The average molecular weight is 300 g/mol. The smallest absolute Gasteiger partial charge is 0.234 e. The molecule has 1 N–H and O–H groups in total. The van der Waals surface area contributed by atoms with Crippen molar-refractivity contribution in [2.45, 2.75) is 17.7 Å². The highest BCUT2D eigenvalue weighted by atomic mass is 32.2. The number of fused-ring (bicyclic) bond motifs is 1. The molecule has 5 heteroatoms. The molecule has 2 heterocycles. The molecule has 108 valence electrons. The maximum Gasteiger partial charge on any atom is 0.234 e. The first-order valence-electron chi connectivity index (χ1n) is 6.73. The van der Waals surface area contributed by atoms with Crippen LogP contribution in [0.15, 0.2) is 41.3 Å². The van der Waals surface area contributed by atoms with Crippen molar-refractivity contribution in [3.8, 4) is 5.75 Å². The molecule has 0 spiro atoms. The topological polar surface area (TPSA) is 51.2 Å². The van der Waals surface area contributed by atoms with Gasteiger partial charge in [0.1, 0.15) is 0 Å². The Labute approximate surface area is 127 Å². The third kappa shape index (κ3) is 2.74. The number of methoxy groups -OCH3 is 1. The number of nitrogens with one attached hydrogen (secondary N) is 1. The third-order valence-electron chi connectivity index (χ3n) is 3.48. The van der Waals surface area contributed by atoms with Gasteiger partial charge in [-0.1, -0.05) is 18.2 Å². The lowest BCUT2D eigenvalue weighted by Crippen LogP contribution is -2.22. The van der Waals surface area contributed by atoms with Crippen LogP contribution in [0, 0.1) is 6.92 Å². The van der Waals surface area contributed by atoms with Crippen LogP contribution in [0.2, 0.25) is 0 Å². The maximum absolute atomic E-state index is 12.5. The lowest BCUT2D eigenvalue weighted by Gasteiger charge is -2.13. The fourth-order valence-corrected chi connectivity index (χ4v) is 3.61. The highest BCUT2D eigenvalue weighted by Crippen LogP contribution is 2.40. The quantitative estimate of drug-likeness (QED) is 0.945. The Hall–Kier alpha value is -2.01. The van der Waals surface area contributed by atoms with Crippen molar-refractivity contribution in [2.75, 3.05) is 18.2 Å². The molecule has 1 aliphatic heterocycles. The van der Waals surface area contributed by atoms with Crippen LogP contribution >= 0.6 is 11.8 Å². The summed E-state index contributed by atoms with van der Waals surface area (Å²) in [5.74, 6) is 1.64. The van der Waals surface area contributed by atoms with E-state index in [0.29, 0.717) is 11.6 Å². The van der Waals surface area contributed by atoms with Gasteiger partial charge in [-0.2, -0.15) is 0 Å². The second kappa shape index (κ2) is 5.77. The molecule has 0 saturated heterocycles. The van der Waals surface area contributed by atoms with E-state index in [1.54, 1.807) is 18.9 Å². The predicted octanol–water partition coefficient (Wildman–Crippen LogP) is 3.23. The summed E-state index contributed by atoms with van der Waals surface area (Å²) in [7, 11) is 1.57. The number of amides is 1. The van der Waals surface area contributed by atoms with Crippen LogP contribution in [-0.4, -0.2) is 23.8 Å². The van der Waals surface area contributed by atoms with Crippen molar-refractivity contribution in [1.82, 2.24) is 4.98 Å². The summed E-state index contributed by atoms with van der Waals surface area (Å²) in [6.45, 7) is 1.88. The van der Waals surface area contributed by atoms with E-state index in [0.717, 1.165) is 17.0 Å². The van der Waals surface area contributed by atoms with Gasteiger partial charge >= 0.3 is 0 Å². The number of carbonyl (C=O) groups is 1. The fourth-order valence-electron chi connectivity index (χ4n) is 2.38. The Morgan fingerprint density at radius 3 is 2.95 bits per heavy atom. The standard InChI is InChI=1S/C16H16N2O2S/c1-10-7-8-13(20-2)15(17-10)18-16(19)12-9-21-14-6-4-3-5-11(12)14/h3-8,12H,9H2,1-2H3,(H,17,18,19). The van der Waals surface area contributed by atoms with Crippen molar-refractivity contribution >= 4 is 23.5 Å². The number of benzene rings is 1. The Morgan fingerprint density at radius 1 is 1.33 bits per heavy atom. The Morgan fingerprint density at radius 2 is 2.14 bits per heavy atom. The zero-order chi connectivity index (χ0) is 14.8. The zero-order valence-corrected chi connectivity index (χ0v) is 12.7. The summed E-state index contributed by atoms with van der Waals surface area (Å²) in [5, 5.41) is 2.90. The minimum Gasteiger partial charge on any atom is -0.493 e. The van der Waals surface area contributed by atoms with E-state index in [-0.39, 0.29) is 11.8 Å². The molecule has 1 aromatic heterocycles. The number of pyridine rings is 1. The van der Waals surface area contributed by atoms with Crippen molar-refractivity contribution in [3.05, 3.63) is 47.7 Å². The van der Waals surface area contributed by atoms with E-state index >= 15 is 0 Å². The molecular formula is C16H16N2O2S. The first-order valence-corrected chi connectivity index (χ1v) is 7.72. The van der Waals surface area contributed by atoms with Crippen molar-refractivity contribution < 1.29 is 9.53 Å². The Bertz CT molecular complexity index is 688.